The van der Waals surface area contributed by atoms with Crippen LogP contribution in [0, 0.1) is 0 Å². The predicted molar refractivity (Wildman–Crippen MR) is 19.3 cm³/mol. The molecule has 0 aromatic rings. The van der Waals surface area contributed by atoms with Crippen molar-refractivity contribution in [1.29, 1.82) is 0 Å². The molecule has 0 spiro atoms. The van der Waals surface area contributed by atoms with Crippen LogP contribution in [-0.4, -0.2) is 16.9 Å². The molecule has 0 unspecified atom stereocenters. The van der Waals surface area contributed by atoms with E-state index in [9.17, 15) is 4.39 Å². The molecule has 2 heteroatoms. The Kier molecular flexibility index (Phi) is 3.26. The van der Waals surface area contributed by atoms with Crippen LogP contribution in [0.3, 0.4) is 0 Å². The van der Waals surface area contributed by atoms with Crippen molar-refractivity contribution in [2.45, 2.75) is 6.04 Å². The monoisotopic (exact) mass is 77.0 g/mol. The van der Waals surface area contributed by atoms with Gasteiger partial charge in [0.1, 0.15) is 0 Å². The van der Waals surface area contributed by atoms with Crippen LogP contribution in [0.5, 0.6) is 0 Å². The summed E-state index contributed by atoms with van der Waals surface area (Å²) in [5.41, 5.74) is 0. The normalized spacial score (nSPS) is 7.50. The Balaban J connectivity index is 1.97. The maximum absolute atomic E-state index is 10.7. The summed E-state index contributed by atoms with van der Waals surface area (Å²) < 4.78 is 10.7. The summed E-state index contributed by atoms with van der Waals surface area (Å²) in [6.07, 6.45) is 0. The van der Waals surface area contributed by atoms with Crippen LogP contribution in [0.4, 0.5) is 4.39 Å². The highest BCUT2D eigenvalue weighted by Gasteiger charge is 1.61. The number of halogens is 1. The average Bonchev–Trinajstić information content (AvgIpc) is 1.37. The van der Waals surface area contributed by atoms with Gasteiger partial charge in [0.05, 0.1) is 6.67 Å². The molecular weight excluding hydrogens is 71.1 g/mol. The number of hydrogen-bond acceptors (Lipinski definition) is 0. The lowest BCUT2D eigenvalue weighted by molar-refractivity contribution is 0.527. The molecule has 0 nitrogen and oxygen atoms in total. The molecule has 0 N–H and O–H groups in total. The van der Waals surface area contributed by atoms with Crippen LogP contribution >= 0.6 is 0 Å². The molecule has 0 aromatic carbocycles. The van der Waals surface area contributed by atoms with Crippen molar-refractivity contribution in [2.75, 3.05) is 6.67 Å². The molecule has 0 amide bonds. The first-order chi connectivity index (χ1) is 1.91. The van der Waals surface area contributed by atoms with E-state index in [-0.39, 0.29) is 6.67 Å². The molecule has 0 heterocycles. The van der Waals surface area contributed by atoms with Gasteiger partial charge in [-0.3, -0.25) is 4.39 Å². The van der Waals surface area contributed by atoms with Gasteiger partial charge in [-0.25, -0.2) is 0 Å². The smallest absolute Gasteiger partial charge is 0.0863 e. The van der Waals surface area contributed by atoms with Gasteiger partial charge in [0, 0.05) is 10.2 Å². The van der Waals surface area contributed by atoms with E-state index in [4.69, 9.17) is 0 Å². The van der Waals surface area contributed by atoms with E-state index in [2.05, 4.69) is 0 Å². The molecule has 0 rings (SSSR count). The molecule has 25 valence electrons. The van der Waals surface area contributed by atoms with Crippen molar-refractivity contribution in [1.82, 2.24) is 0 Å². The molecule has 0 aromatic heterocycles. The van der Waals surface area contributed by atoms with Crippen LogP contribution in [0.15, 0.2) is 0 Å². The minimum Gasteiger partial charge on any atom is -0.251 e. The third kappa shape index (κ3) is 2.15. The first-order valence-electron chi connectivity index (χ1n) is 1.27. The van der Waals surface area contributed by atoms with Gasteiger partial charge in [0.2, 0.25) is 0 Å². The van der Waals surface area contributed by atoms with Gasteiger partial charge in [-0.15, -0.1) is 0 Å². The van der Waals surface area contributed by atoms with Gasteiger partial charge >= 0.3 is 0 Å². The first-order valence-corrected chi connectivity index (χ1v) is 2.27. The lowest BCUT2D eigenvalue weighted by Gasteiger charge is -1.64. The summed E-state index contributed by atoms with van der Waals surface area (Å²) in [7, 11) is 1.65. The number of hydrogen-bond donors (Lipinski definition) is 0. The van der Waals surface area contributed by atoms with Crippen molar-refractivity contribution in [2.24, 2.45) is 0 Å². The zero-order valence-corrected chi connectivity index (χ0v) is 3.91. The molecule has 1 radical (unpaired) electrons. The molecular formula is C2H6FSi. The Morgan fingerprint density at radius 3 is 2.00 bits per heavy atom. The predicted octanol–water partition coefficient (Wildman–Crippen LogP) is 0.00730. The summed E-state index contributed by atoms with van der Waals surface area (Å²) in [5.74, 6) is 0. The first kappa shape index (κ1) is 4.15. The molecule has 0 saturated heterocycles. The highest BCUT2D eigenvalue weighted by Crippen LogP contribution is 1.66. The van der Waals surface area contributed by atoms with Crippen LogP contribution < -0.4 is 0 Å². The van der Waals surface area contributed by atoms with Gasteiger partial charge in [0.25, 0.3) is 0 Å². The van der Waals surface area contributed by atoms with Gasteiger partial charge in [0.15, 0.2) is 0 Å². The Morgan fingerprint density at radius 1 is 1.75 bits per heavy atom. The van der Waals surface area contributed by atoms with Crippen molar-refractivity contribution < 1.29 is 4.39 Å². The number of alkyl halides is 1. The summed E-state index contributed by atoms with van der Waals surface area (Å²) in [6, 6.07) is 0.681. The standard InChI is InChI=1S/C2H6FSi/c3-1-2-4/h1-2,4H2. The minimum absolute atomic E-state index is 0.168. The second kappa shape index (κ2) is 3.15. The van der Waals surface area contributed by atoms with E-state index in [1.165, 1.54) is 0 Å². The van der Waals surface area contributed by atoms with Gasteiger partial charge < -0.3 is 0 Å². The maximum atomic E-state index is 10.7. The molecule has 0 atom stereocenters. The minimum atomic E-state index is -0.168. The highest BCUT2D eigenvalue weighted by molar-refractivity contribution is 6.08. The average molecular weight is 77.2 g/mol. The lowest BCUT2D eigenvalue weighted by atomic mass is 10.9. The Bertz CT molecular complexity index is 8.00. The number of rotatable bonds is 1. The largest absolute Gasteiger partial charge is 0.251 e. The summed E-state index contributed by atoms with van der Waals surface area (Å²) in [4.78, 5) is 0. The maximum Gasteiger partial charge on any atom is 0.0863 e. The molecule has 0 fully saturated rings. The quantitative estimate of drug-likeness (QED) is 0.387. The van der Waals surface area contributed by atoms with E-state index in [1.54, 1.807) is 10.2 Å². The fourth-order valence-corrected chi connectivity index (χ4v) is 0. The third-order valence-electron chi connectivity index (χ3n) is 0.134. The Morgan fingerprint density at radius 2 is 2.00 bits per heavy atom. The zero-order chi connectivity index (χ0) is 3.41. The lowest BCUT2D eigenvalue weighted by Crippen LogP contribution is -1.64. The molecule has 0 saturated carbocycles. The zero-order valence-electron chi connectivity index (χ0n) is 2.50. The van der Waals surface area contributed by atoms with Crippen LogP contribution in [0.25, 0.3) is 0 Å². The Hall–Kier alpha value is 0.147. The van der Waals surface area contributed by atoms with Gasteiger partial charge in [-0.1, -0.05) is 0 Å². The molecule has 0 aliphatic carbocycles. The van der Waals surface area contributed by atoms with Crippen LogP contribution in [-0.2, 0) is 0 Å². The van der Waals surface area contributed by atoms with Crippen molar-refractivity contribution in [3.8, 4) is 0 Å². The van der Waals surface area contributed by atoms with Gasteiger partial charge in [-0.2, -0.15) is 0 Å². The van der Waals surface area contributed by atoms with Crippen molar-refractivity contribution in [3.63, 3.8) is 0 Å². The van der Waals surface area contributed by atoms with E-state index in [0.29, 0.717) is 6.04 Å². The van der Waals surface area contributed by atoms with E-state index >= 15 is 0 Å². The fourth-order valence-electron chi connectivity index (χ4n) is 0. The third-order valence-corrected chi connectivity index (χ3v) is 0.401. The molecule has 0 aliphatic rings. The summed E-state index contributed by atoms with van der Waals surface area (Å²) in [5, 5.41) is 0. The second-order valence-electron chi connectivity index (χ2n) is 0.543. The summed E-state index contributed by atoms with van der Waals surface area (Å²) >= 11 is 0. The van der Waals surface area contributed by atoms with Crippen molar-refractivity contribution in [3.05, 3.63) is 0 Å². The topological polar surface area (TPSA) is 0 Å². The summed E-state index contributed by atoms with van der Waals surface area (Å²) in [6.45, 7) is -0.168. The van der Waals surface area contributed by atoms with Crippen molar-refractivity contribution >= 4 is 10.2 Å². The SMILES string of the molecule is FCC[SiH2]. The van der Waals surface area contributed by atoms with Crippen LogP contribution in [0.2, 0.25) is 6.04 Å². The van der Waals surface area contributed by atoms with E-state index in [0.717, 1.165) is 0 Å². The Labute approximate surface area is 28.4 Å². The van der Waals surface area contributed by atoms with Gasteiger partial charge in [-0.05, 0) is 6.04 Å². The second-order valence-corrected chi connectivity index (χ2v) is 1.25. The van der Waals surface area contributed by atoms with Crippen LogP contribution in [0.1, 0.15) is 0 Å². The fraction of sp³-hybridized carbons (Fsp3) is 1.00. The highest BCUT2D eigenvalue weighted by atomic mass is 28.1. The van der Waals surface area contributed by atoms with E-state index < -0.39 is 0 Å². The van der Waals surface area contributed by atoms with E-state index in [1.807, 2.05) is 0 Å². The molecule has 0 aliphatic heterocycles. The molecule has 0 bridgehead atoms. The molecule has 4 heavy (non-hydrogen) atoms.